The fraction of sp³-hybridized carbons (Fsp3) is 0.143. The molecule has 22 heavy (non-hydrogen) atoms. The van der Waals surface area contributed by atoms with Crippen LogP contribution in [-0.2, 0) is 0 Å². The summed E-state index contributed by atoms with van der Waals surface area (Å²) in [6, 6.07) is 2.64. The van der Waals surface area contributed by atoms with E-state index in [1.807, 2.05) is 6.92 Å². The fourth-order valence-electron chi connectivity index (χ4n) is 1.72. The number of rotatable bonds is 4. The van der Waals surface area contributed by atoms with Gasteiger partial charge in [0.15, 0.2) is 5.82 Å². The van der Waals surface area contributed by atoms with Crippen LogP contribution in [0.5, 0.6) is 0 Å². The highest BCUT2D eigenvalue weighted by Crippen LogP contribution is 2.10. The van der Waals surface area contributed by atoms with Crippen molar-refractivity contribution in [2.24, 2.45) is 5.73 Å². The summed E-state index contributed by atoms with van der Waals surface area (Å²) in [6.45, 7) is 1.95. The van der Waals surface area contributed by atoms with Crippen LogP contribution >= 0.6 is 0 Å². The molecule has 0 fully saturated rings. The number of pyridine rings is 1. The Balaban J connectivity index is 2.09. The van der Waals surface area contributed by atoms with Crippen LogP contribution in [0.3, 0.4) is 0 Å². The van der Waals surface area contributed by atoms with E-state index in [1.165, 1.54) is 6.20 Å². The number of nitrogens with one attached hydrogen (secondary N) is 2. The molecule has 0 atom stereocenters. The Morgan fingerprint density at radius 2 is 2.27 bits per heavy atom. The zero-order chi connectivity index (χ0) is 16.1. The minimum absolute atomic E-state index is 0.00352. The maximum atomic E-state index is 13.1. The van der Waals surface area contributed by atoms with Gasteiger partial charge in [0.1, 0.15) is 0 Å². The number of H-pyrrole nitrogens is 1. The molecule has 0 aromatic carbocycles. The second-order valence-corrected chi connectivity index (χ2v) is 4.56. The molecule has 4 N–H and O–H groups in total. The van der Waals surface area contributed by atoms with E-state index in [0.717, 1.165) is 17.8 Å². The first-order chi connectivity index (χ1) is 10.5. The summed E-state index contributed by atoms with van der Waals surface area (Å²) in [5.74, 6) is -1.57. The van der Waals surface area contributed by atoms with E-state index < -0.39 is 17.3 Å². The smallest absolute Gasteiger partial charge is 0.283 e. The SMILES string of the molecule is Cc1cnnc(C(=CN)CNC(=O)c2c[nH]c(=O)c(F)c2)c1. The molecule has 114 valence electrons. The van der Waals surface area contributed by atoms with Crippen LogP contribution in [0.15, 0.2) is 35.5 Å². The molecular weight excluding hydrogens is 289 g/mol. The summed E-state index contributed by atoms with van der Waals surface area (Å²) in [7, 11) is 0. The van der Waals surface area contributed by atoms with E-state index >= 15 is 0 Å². The number of nitrogens with zero attached hydrogens (tertiary/aromatic N) is 2. The lowest BCUT2D eigenvalue weighted by molar-refractivity contribution is 0.0957. The van der Waals surface area contributed by atoms with Crippen molar-refractivity contribution < 1.29 is 9.18 Å². The van der Waals surface area contributed by atoms with Gasteiger partial charge in [0.2, 0.25) is 0 Å². The molecule has 2 aromatic heterocycles. The van der Waals surface area contributed by atoms with Crippen molar-refractivity contribution in [1.29, 1.82) is 0 Å². The molecule has 0 aliphatic rings. The highest BCUT2D eigenvalue weighted by molar-refractivity contribution is 5.94. The van der Waals surface area contributed by atoms with Gasteiger partial charge < -0.3 is 16.0 Å². The molecule has 2 aromatic rings. The van der Waals surface area contributed by atoms with Crippen LogP contribution in [0, 0.1) is 12.7 Å². The third-order valence-corrected chi connectivity index (χ3v) is 2.88. The molecule has 0 aliphatic carbocycles. The number of hydrogen-bond donors (Lipinski definition) is 3. The molecular formula is C14H14FN5O2. The van der Waals surface area contributed by atoms with Gasteiger partial charge in [-0.2, -0.15) is 10.2 Å². The van der Waals surface area contributed by atoms with Crippen LogP contribution in [0.2, 0.25) is 0 Å². The maximum absolute atomic E-state index is 13.1. The van der Waals surface area contributed by atoms with Crippen LogP contribution < -0.4 is 16.6 Å². The summed E-state index contributed by atoms with van der Waals surface area (Å²) in [4.78, 5) is 25.0. The topological polar surface area (TPSA) is 114 Å². The van der Waals surface area contributed by atoms with Crippen LogP contribution in [0.25, 0.3) is 5.57 Å². The zero-order valence-electron chi connectivity index (χ0n) is 11.8. The minimum Gasteiger partial charge on any atom is -0.404 e. The van der Waals surface area contributed by atoms with Crippen molar-refractivity contribution in [3.8, 4) is 0 Å². The zero-order valence-corrected chi connectivity index (χ0v) is 11.8. The number of carbonyl (C=O) groups is 1. The number of aromatic nitrogens is 3. The number of nitrogens with two attached hydrogens (primary N) is 1. The fourth-order valence-corrected chi connectivity index (χ4v) is 1.72. The molecule has 8 heteroatoms. The molecule has 0 radical (unpaired) electrons. The van der Waals surface area contributed by atoms with Crippen molar-refractivity contribution in [1.82, 2.24) is 20.5 Å². The first-order valence-corrected chi connectivity index (χ1v) is 6.38. The Hall–Kier alpha value is -3.03. The highest BCUT2D eigenvalue weighted by Gasteiger charge is 2.11. The third kappa shape index (κ3) is 3.54. The van der Waals surface area contributed by atoms with Gasteiger partial charge in [-0.25, -0.2) is 4.39 Å². The summed E-state index contributed by atoms with van der Waals surface area (Å²) < 4.78 is 13.1. The van der Waals surface area contributed by atoms with Crippen molar-refractivity contribution in [3.63, 3.8) is 0 Å². The first-order valence-electron chi connectivity index (χ1n) is 6.38. The third-order valence-electron chi connectivity index (χ3n) is 2.88. The quantitative estimate of drug-likeness (QED) is 0.753. The van der Waals surface area contributed by atoms with Gasteiger partial charge in [0, 0.05) is 24.5 Å². The van der Waals surface area contributed by atoms with Crippen molar-refractivity contribution in [2.75, 3.05) is 6.54 Å². The number of carbonyl (C=O) groups excluding carboxylic acids is 1. The summed E-state index contributed by atoms with van der Waals surface area (Å²) in [5.41, 5.74) is 6.66. The summed E-state index contributed by atoms with van der Waals surface area (Å²) >= 11 is 0. The van der Waals surface area contributed by atoms with Crippen LogP contribution in [0.4, 0.5) is 4.39 Å². The largest absolute Gasteiger partial charge is 0.404 e. The van der Waals surface area contributed by atoms with Crippen LogP contribution in [0.1, 0.15) is 21.6 Å². The molecule has 0 saturated heterocycles. The first kappa shape index (κ1) is 15.4. The number of aryl methyl sites for hydroxylation is 1. The number of aromatic amines is 1. The van der Waals surface area contributed by atoms with E-state index in [2.05, 4.69) is 20.5 Å². The second kappa shape index (κ2) is 6.61. The van der Waals surface area contributed by atoms with Gasteiger partial charge >= 0.3 is 0 Å². The minimum atomic E-state index is -1.02. The van der Waals surface area contributed by atoms with E-state index in [1.54, 1.807) is 12.3 Å². The normalized spacial score (nSPS) is 11.3. The van der Waals surface area contributed by atoms with Gasteiger partial charge in [0.25, 0.3) is 11.5 Å². The lowest BCUT2D eigenvalue weighted by Crippen LogP contribution is -2.27. The Kier molecular flexibility index (Phi) is 4.62. The van der Waals surface area contributed by atoms with E-state index in [0.29, 0.717) is 11.3 Å². The summed E-state index contributed by atoms with van der Waals surface area (Å²) in [5, 5.41) is 10.3. The Bertz CT molecular complexity index is 785. The second-order valence-electron chi connectivity index (χ2n) is 4.56. The molecule has 7 nitrogen and oxygen atoms in total. The van der Waals surface area contributed by atoms with Crippen molar-refractivity contribution in [2.45, 2.75) is 6.92 Å². The maximum Gasteiger partial charge on any atom is 0.283 e. The highest BCUT2D eigenvalue weighted by atomic mass is 19.1. The molecule has 0 spiro atoms. The standard InChI is InChI=1S/C14H14FN5O2/c1-8-2-12(20-19-5-8)10(4-16)7-17-13(21)9-3-11(15)14(22)18-6-9/h2-6H,7,16H2,1H3,(H,17,21)(H,18,22). The number of halogens is 1. The molecule has 2 rings (SSSR count). The lowest BCUT2D eigenvalue weighted by atomic mass is 10.1. The molecule has 0 bridgehead atoms. The molecule has 0 saturated carbocycles. The Morgan fingerprint density at radius 1 is 1.50 bits per heavy atom. The lowest BCUT2D eigenvalue weighted by Gasteiger charge is -2.08. The monoisotopic (exact) mass is 303 g/mol. The van der Waals surface area contributed by atoms with Gasteiger partial charge in [-0.15, -0.1) is 0 Å². The van der Waals surface area contributed by atoms with Crippen molar-refractivity contribution >= 4 is 11.5 Å². The van der Waals surface area contributed by atoms with Gasteiger partial charge in [-0.3, -0.25) is 9.59 Å². The molecule has 1 amide bonds. The van der Waals surface area contributed by atoms with E-state index in [4.69, 9.17) is 5.73 Å². The van der Waals surface area contributed by atoms with E-state index in [9.17, 15) is 14.0 Å². The number of amides is 1. The predicted octanol–water partition coefficient (Wildman–Crippen LogP) is 0.342. The summed E-state index contributed by atoms with van der Waals surface area (Å²) in [6.07, 6.45) is 4.05. The van der Waals surface area contributed by atoms with Crippen molar-refractivity contribution in [3.05, 3.63) is 63.7 Å². The van der Waals surface area contributed by atoms with Gasteiger partial charge in [-0.05, 0) is 24.6 Å². The average Bonchev–Trinajstić information content (AvgIpc) is 2.50. The van der Waals surface area contributed by atoms with E-state index in [-0.39, 0.29) is 12.1 Å². The van der Waals surface area contributed by atoms with Gasteiger partial charge in [0.05, 0.1) is 17.5 Å². The Morgan fingerprint density at radius 3 is 2.91 bits per heavy atom. The molecule has 0 unspecified atom stereocenters. The average molecular weight is 303 g/mol. The predicted molar refractivity (Wildman–Crippen MR) is 78.3 cm³/mol. The van der Waals surface area contributed by atoms with Gasteiger partial charge in [-0.1, -0.05) is 0 Å². The van der Waals surface area contributed by atoms with Crippen LogP contribution in [-0.4, -0.2) is 27.6 Å². The number of hydrogen-bond acceptors (Lipinski definition) is 5. The molecule has 2 heterocycles. The molecule has 0 aliphatic heterocycles. The Labute approximate surface area is 125 Å².